The summed E-state index contributed by atoms with van der Waals surface area (Å²) in [4.78, 5) is 14.7. The highest BCUT2D eigenvalue weighted by molar-refractivity contribution is 5.79. The molecule has 1 atom stereocenters. The van der Waals surface area contributed by atoms with Gasteiger partial charge in [-0.2, -0.15) is 17.7 Å². The topological polar surface area (TPSA) is 75.4 Å². The Morgan fingerprint density at radius 1 is 1.03 bits per heavy atom. The van der Waals surface area contributed by atoms with Gasteiger partial charge in [-0.25, -0.2) is 0 Å². The van der Waals surface area contributed by atoms with Crippen molar-refractivity contribution in [2.45, 2.75) is 63.6 Å². The van der Waals surface area contributed by atoms with Gasteiger partial charge in [0, 0.05) is 19.1 Å². The minimum atomic E-state index is -4.63. The van der Waals surface area contributed by atoms with Crippen LogP contribution in [-0.2, 0) is 11.0 Å². The number of alkyl halides is 3. The molecule has 1 aliphatic carbocycles. The van der Waals surface area contributed by atoms with Crippen molar-refractivity contribution in [2.24, 2.45) is 5.92 Å². The molecule has 2 aromatic rings. The Balaban J connectivity index is 1.47. The number of halogens is 3. The van der Waals surface area contributed by atoms with Crippen LogP contribution in [0.5, 0.6) is 0 Å². The second kappa shape index (κ2) is 8.16. The summed E-state index contributed by atoms with van der Waals surface area (Å²) in [6.45, 7) is 1.09. The summed E-state index contributed by atoms with van der Waals surface area (Å²) >= 11 is 0. The molecule has 1 saturated heterocycles. The Kier molecular flexibility index (Phi) is 5.60. The third-order valence-corrected chi connectivity index (χ3v) is 5.82. The number of hydrogen-bond acceptors (Lipinski definition) is 5. The van der Waals surface area contributed by atoms with E-state index in [0.29, 0.717) is 18.9 Å². The predicted octanol–water partition coefficient (Wildman–Crippen LogP) is 3.20. The molecule has 0 radical (unpaired) electrons. The smallest absolute Gasteiger partial charge is 0.354 e. The highest BCUT2D eigenvalue weighted by atomic mass is 19.4. The van der Waals surface area contributed by atoms with Crippen LogP contribution in [0.2, 0.25) is 0 Å². The third-order valence-electron chi connectivity index (χ3n) is 5.82. The number of fused-ring (bicyclic) bond motifs is 1. The molecule has 2 aliphatic rings. The highest BCUT2D eigenvalue weighted by Crippen LogP contribution is 2.29. The van der Waals surface area contributed by atoms with Gasteiger partial charge >= 0.3 is 6.18 Å². The van der Waals surface area contributed by atoms with Crippen LogP contribution in [0.3, 0.4) is 0 Å². The van der Waals surface area contributed by atoms with Gasteiger partial charge in [0.05, 0.1) is 5.92 Å². The number of rotatable bonds is 3. The van der Waals surface area contributed by atoms with E-state index < -0.39 is 12.0 Å². The molecule has 1 aliphatic heterocycles. The molecular formula is C19H25F3N6O. The van der Waals surface area contributed by atoms with Gasteiger partial charge in [-0.05, 0) is 37.8 Å². The van der Waals surface area contributed by atoms with E-state index in [-0.39, 0.29) is 23.5 Å². The molecule has 1 N–H and O–H groups in total. The molecule has 1 amide bonds. The molecule has 4 rings (SSSR count). The number of hydrogen-bond donors (Lipinski definition) is 1. The number of amides is 1. The van der Waals surface area contributed by atoms with Gasteiger partial charge in [0.15, 0.2) is 5.65 Å². The van der Waals surface area contributed by atoms with Crippen molar-refractivity contribution in [3.63, 3.8) is 0 Å². The van der Waals surface area contributed by atoms with Gasteiger partial charge in [-0.3, -0.25) is 4.79 Å². The number of aromatic nitrogens is 4. The zero-order chi connectivity index (χ0) is 20.4. The highest BCUT2D eigenvalue weighted by Gasteiger charge is 2.38. The molecule has 29 heavy (non-hydrogen) atoms. The van der Waals surface area contributed by atoms with Crippen LogP contribution in [0.1, 0.15) is 57.2 Å². The summed E-state index contributed by atoms with van der Waals surface area (Å²) in [5, 5.41) is 14.1. The maximum absolute atomic E-state index is 13.1. The molecule has 0 bridgehead atoms. The second-order valence-corrected chi connectivity index (χ2v) is 7.97. The zero-order valence-corrected chi connectivity index (χ0v) is 16.2. The van der Waals surface area contributed by atoms with E-state index in [0.717, 1.165) is 43.0 Å². The minimum absolute atomic E-state index is 0.0424. The van der Waals surface area contributed by atoms with Gasteiger partial charge in [0.25, 0.3) is 5.82 Å². The van der Waals surface area contributed by atoms with E-state index in [1.54, 1.807) is 6.07 Å². The molecule has 158 valence electrons. The monoisotopic (exact) mass is 410 g/mol. The summed E-state index contributed by atoms with van der Waals surface area (Å²) in [6, 6.07) is 3.34. The SMILES string of the molecule is O=C(NC1CCCCCC1)C1CCCN(c2ccc3nnc(C(F)(F)F)n3n2)C1. The molecule has 0 aromatic carbocycles. The Morgan fingerprint density at radius 3 is 2.52 bits per heavy atom. The first-order valence-electron chi connectivity index (χ1n) is 10.3. The molecule has 3 heterocycles. The van der Waals surface area contributed by atoms with Gasteiger partial charge in [-0.1, -0.05) is 25.7 Å². The van der Waals surface area contributed by atoms with E-state index in [1.165, 1.54) is 18.9 Å². The minimum Gasteiger partial charge on any atom is -0.354 e. The second-order valence-electron chi connectivity index (χ2n) is 7.97. The quantitative estimate of drug-likeness (QED) is 0.787. The first-order chi connectivity index (χ1) is 13.9. The van der Waals surface area contributed by atoms with E-state index in [2.05, 4.69) is 20.6 Å². The summed E-state index contributed by atoms with van der Waals surface area (Å²) < 4.78 is 40.1. The lowest BCUT2D eigenvalue weighted by atomic mass is 9.96. The summed E-state index contributed by atoms with van der Waals surface area (Å²) in [6.07, 6.45) is 3.71. The molecule has 0 spiro atoms. The Hall–Kier alpha value is -2.39. The van der Waals surface area contributed by atoms with E-state index >= 15 is 0 Å². The molecule has 7 nitrogen and oxygen atoms in total. The van der Waals surface area contributed by atoms with Crippen molar-refractivity contribution in [1.29, 1.82) is 0 Å². The van der Waals surface area contributed by atoms with Gasteiger partial charge in [0.1, 0.15) is 5.82 Å². The van der Waals surface area contributed by atoms with Crippen molar-refractivity contribution < 1.29 is 18.0 Å². The van der Waals surface area contributed by atoms with Crippen molar-refractivity contribution in [2.75, 3.05) is 18.0 Å². The van der Waals surface area contributed by atoms with Crippen molar-refractivity contribution in [1.82, 2.24) is 25.1 Å². The predicted molar refractivity (Wildman–Crippen MR) is 100 cm³/mol. The first kappa shape index (κ1) is 19.9. The third kappa shape index (κ3) is 4.45. The van der Waals surface area contributed by atoms with E-state index in [4.69, 9.17) is 0 Å². The molecule has 1 saturated carbocycles. The van der Waals surface area contributed by atoms with Crippen LogP contribution in [-0.4, -0.2) is 44.8 Å². The molecule has 2 fully saturated rings. The normalized spacial score (nSPS) is 21.9. The Labute approximate surface area is 166 Å². The maximum atomic E-state index is 13.1. The number of nitrogens with zero attached hydrogens (tertiary/aromatic N) is 5. The molecule has 2 aromatic heterocycles. The summed E-state index contributed by atoms with van der Waals surface area (Å²) in [5.41, 5.74) is 0.0424. The van der Waals surface area contributed by atoms with Crippen LogP contribution in [0, 0.1) is 5.92 Å². The van der Waals surface area contributed by atoms with Gasteiger partial charge in [0.2, 0.25) is 5.91 Å². The molecule has 10 heteroatoms. The van der Waals surface area contributed by atoms with Crippen LogP contribution in [0.4, 0.5) is 19.0 Å². The fourth-order valence-corrected chi connectivity index (χ4v) is 4.27. The summed E-state index contributed by atoms with van der Waals surface area (Å²) in [5.74, 6) is -0.890. The largest absolute Gasteiger partial charge is 0.453 e. The molecular weight excluding hydrogens is 385 g/mol. The maximum Gasteiger partial charge on any atom is 0.453 e. The average Bonchev–Trinajstić information content (AvgIpc) is 2.98. The average molecular weight is 410 g/mol. The lowest BCUT2D eigenvalue weighted by Gasteiger charge is -2.33. The Bertz CT molecular complexity index is 859. The zero-order valence-electron chi connectivity index (χ0n) is 16.2. The van der Waals surface area contributed by atoms with Crippen molar-refractivity contribution in [3.8, 4) is 0 Å². The van der Waals surface area contributed by atoms with Crippen LogP contribution >= 0.6 is 0 Å². The van der Waals surface area contributed by atoms with E-state index in [1.807, 2.05) is 4.90 Å². The van der Waals surface area contributed by atoms with Crippen LogP contribution in [0.15, 0.2) is 12.1 Å². The van der Waals surface area contributed by atoms with Crippen LogP contribution < -0.4 is 10.2 Å². The number of carbonyl (C=O) groups excluding carboxylic acids is 1. The summed E-state index contributed by atoms with van der Waals surface area (Å²) in [7, 11) is 0. The Morgan fingerprint density at radius 2 is 1.79 bits per heavy atom. The first-order valence-corrected chi connectivity index (χ1v) is 10.3. The molecule has 1 unspecified atom stereocenters. The van der Waals surface area contributed by atoms with Crippen molar-refractivity contribution in [3.05, 3.63) is 18.0 Å². The fourth-order valence-electron chi connectivity index (χ4n) is 4.27. The van der Waals surface area contributed by atoms with Gasteiger partial charge in [-0.15, -0.1) is 15.3 Å². The number of anilines is 1. The van der Waals surface area contributed by atoms with Crippen molar-refractivity contribution >= 4 is 17.4 Å². The van der Waals surface area contributed by atoms with E-state index in [9.17, 15) is 18.0 Å². The lowest BCUT2D eigenvalue weighted by molar-refractivity contribution is -0.146. The number of nitrogens with one attached hydrogen (secondary N) is 1. The number of piperidine rings is 1. The standard InChI is InChI=1S/C19H25F3N6O/c20-19(21,22)18-25-24-15-9-10-16(26-28(15)18)27-11-5-6-13(12-27)17(29)23-14-7-3-1-2-4-8-14/h9-10,13-14H,1-8,11-12H2,(H,23,29). The lowest BCUT2D eigenvalue weighted by Crippen LogP contribution is -2.46. The number of carbonyl (C=O) groups is 1. The van der Waals surface area contributed by atoms with Gasteiger partial charge < -0.3 is 10.2 Å². The van der Waals surface area contributed by atoms with Crippen LogP contribution in [0.25, 0.3) is 5.65 Å². The fraction of sp³-hybridized carbons (Fsp3) is 0.684.